The molecule has 1 aliphatic heterocycles. The number of nitrogens with zero attached hydrogens (tertiary/aromatic N) is 4. The van der Waals surface area contributed by atoms with Crippen LogP contribution in [0.15, 0.2) is 54.9 Å². The van der Waals surface area contributed by atoms with Gasteiger partial charge >= 0.3 is 0 Å². The predicted molar refractivity (Wildman–Crippen MR) is 149 cm³/mol. The molecule has 40 heavy (non-hydrogen) atoms. The molecule has 2 aromatic carbocycles. The summed E-state index contributed by atoms with van der Waals surface area (Å²) in [6.07, 6.45) is 5.52. The van der Waals surface area contributed by atoms with Crippen molar-refractivity contribution in [3.05, 3.63) is 72.1 Å². The van der Waals surface area contributed by atoms with Gasteiger partial charge in [-0.15, -0.1) is 0 Å². The number of aliphatic hydroxyl groups is 1. The van der Waals surface area contributed by atoms with E-state index in [1.165, 1.54) is 31.2 Å². The number of carbonyl (C=O) groups excluding carboxylic acids is 1. The van der Waals surface area contributed by atoms with Crippen LogP contribution in [0.5, 0.6) is 17.2 Å². The van der Waals surface area contributed by atoms with E-state index < -0.39 is 5.60 Å². The minimum atomic E-state index is -1.31. The van der Waals surface area contributed by atoms with Gasteiger partial charge in [-0.05, 0) is 48.4 Å². The van der Waals surface area contributed by atoms with Crippen LogP contribution in [0, 0.1) is 5.82 Å². The molecule has 1 fully saturated rings. The summed E-state index contributed by atoms with van der Waals surface area (Å²) in [4.78, 5) is 20.4. The van der Waals surface area contributed by atoms with Crippen LogP contribution in [0.3, 0.4) is 0 Å². The van der Waals surface area contributed by atoms with E-state index in [0.717, 1.165) is 30.8 Å². The SMILES string of the molecule is CCc1nccn1CCCOc1cc(CN2CCN(C(C)=O)C[C@](O)(COc3ccc(F)cc3)C2)ccc1OC. The van der Waals surface area contributed by atoms with Crippen molar-refractivity contribution >= 4 is 5.91 Å². The van der Waals surface area contributed by atoms with Crippen LogP contribution in [0.2, 0.25) is 0 Å². The summed E-state index contributed by atoms with van der Waals surface area (Å²) in [7, 11) is 1.62. The lowest BCUT2D eigenvalue weighted by Crippen LogP contribution is -2.51. The Balaban J connectivity index is 1.41. The van der Waals surface area contributed by atoms with Gasteiger partial charge in [0, 0.05) is 58.5 Å². The third-order valence-corrected chi connectivity index (χ3v) is 7.01. The number of hydrogen-bond donors (Lipinski definition) is 1. The Bertz CT molecular complexity index is 1250. The van der Waals surface area contributed by atoms with Crippen molar-refractivity contribution in [1.82, 2.24) is 19.4 Å². The van der Waals surface area contributed by atoms with Crippen molar-refractivity contribution in [2.24, 2.45) is 0 Å². The van der Waals surface area contributed by atoms with Gasteiger partial charge in [0.15, 0.2) is 11.5 Å². The van der Waals surface area contributed by atoms with Gasteiger partial charge in [0.05, 0.1) is 20.3 Å². The standard InChI is InChI=1S/C30H39FN4O5/c1-4-29-32-12-14-34(29)13-5-17-39-28-18-24(6-11-27(28)38-3)19-33-15-16-35(23(2)36)21-30(37,20-33)22-40-26-9-7-25(31)8-10-26/h6-12,14,18,37H,4-5,13,15-17,19-22H2,1-3H3/t30-/m0/s1. The normalized spacial score (nSPS) is 17.9. The summed E-state index contributed by atoms with van der Waals surface area (Å²) in [5, 5.41) is 11.5. The molecule has 1 aliphatic rings. The highest BCUT2D eigenvalue weighted by Gasteiger charge is 2.37. The third kappa shape index (κ3) is 7.95. The molecular formula is C30H39FN4O5. The number of amides is 1. The summed E-state index contributed by atoms with van der Waals surface area (Å²) in [5.41, 5.74) is -0.315. The fourth-order valence-electron chi connectivity index (χ4n) is 4.95. The smallest absolute Gasteiger partial charge is 0.219 e. The number of aryl methyl sites for hydroxylation is 2. The number of imidazole rings is 1. The van der Waals surface area contributed by atoms with Crippen LogP contribution < -0.4 is 14.2 Å². The molecule has 0 unspecified atom stereocenters. The number of halogens is 1. The second-order valence-electron chi connectivity index (χ2n) is 10.2. The number of aromatic nitrogens is 2. The second-order valence-corrected chi connectivity index (χ2v) is 10.2. The molecule has 0 radical (unpaired) electrons. The molecule has 0 bridgehead atoms. The molecule has 1 aromatic heterocycles. The van der Waals surface area contributed by atoms with Crippen LogP contribution in [0.1, 0.15) is 31.7 Å². The van der Waals surface area contributed by atoms with Gasteiger partial charge in [0.1, 0.15) is 29.6 Å². The molecule has 2 heterocycles. The van der Waals surface area contributed by atoms with Crippen LogP contribution in [-0.2, 0) is 24.3 Å². The van der Waals surface area contributed by atoms with Crippen molar-refractivity contribution < 1.29 is 28.5 Å². The maximum Gasteiger partial charge on any atom is 0.219 e. The lowest BCUT2D eigenvalue weighted by Gasteiger charge is -2.32. The molecule has 9 nitrogen and oxygen atoms in total. The number of ether oxygens (including phenoxy) is 3. The zero-order valence-corrected chi connectivity index (χ0v) is 23.5. The maximum atomic E-state index is 13.3. The lowest BCUT2D eigenvalue weighted by atomic mass is 10.0. The maximum absolute atomic E-state index is 13.3. The Hall–Kier alpha value is -3.63. The van der Waals surface area contributed by atoms with Crippen LogP contribution in [-0.4, -0.2) is 82.5 Å². The molecule has 3 aromatic rings. The first-order valence-corrected chi connectivity index (χ1v) is 13.7. The second kappa shape index (κ2) is 13.6. The van der Waals surface area contributed by atoms with Crippen LogP contribution in [0.4, 0.5) is 4.39 Å². The summed E-state index contributed by atoms with van der Waals surface area (Å²) in [6, 6.07) is 11.5. The number of benzene rings is 2. The molecule has 4 rings (SSSR count). The number of β-amino-alcohol motifs (C(OH)–C–C–N with tert-alkyl or cyclic N) is 1. The van der Waals surface area contributed by atoms with Gasteiger partial charge in [-0.3, -0.25) is 9.69 Å². The Kier molecular flexibility index (Phi) is 10.0. The van der Waals surface area contributed by atoms with Crippen molar-refractivity contribution in [1.29, 1.82) is 0 Å². The van der Waals surface area contributed by atoms with E-state index in [2.05, 4.69) is 21.4 Å². The number of rotatable bonds is 12. The van der Waals surface area contributed by atoms with Gasteiger partial charge in [0.25, 0.3) is 0 Å². The van der Waals surface area contributed by atoms with E-state index in [9.17, 15) is 14.3 Å². The minimum Gasteiger partial charge on any atom is -0.493 e. The first-order valence-electron chi connectivity index (χ1n) is 13.7. The molecule has 1 N–H and O–H groups in total. The molecule has 0 saturated carbocycles. The van der Waals surface area contributed by atoms with Gasteiger partial charge in [-0.1, -0.05) is 13.0 Å². The fourth-order valence-corrected chi connectivity index (χ4v) is 4.95. The minimum absolute atomic E-state index is 0.0352. The predicted octanol–water partition coefficient (Wildman–Crippen LogP) is 3.54. The van der Waals surface area contributed by atoms with Gasteiger partial charge in [-0.2, -0.15) is 0 Å². The fraction of sp³-hybridized carbons (Fsp3) is 0.467. The largest absolute Gasteiger partial charge is 0.493 e. The zero-order valence-electron chi connectivity index (χ0n) is 23.5. The molecule has 1 saturated heterocycles. The summed E-state index contributed by atoms with van der Waals surface area (Å²) < 4.78 is 32.9. The molecule has 10 heteroatoms. The van der Waals surface area contributed by atoms with E-state index in [-0.39, 0.29) is 24.9 Å². The first-order chi connectivity index (χ1) is 19.3. The first kappa shape index (κ1) is 29.4. The molecule has 0 spiro atoms. The highest BCUT2D eigenvalue weighted by atomic mass is 19.1. The Morgan fingerprint density at radius 3 is 2.62 bits per heavy atom. The van der Waals surface area contributed by atoms with Gasteiger partial charge in [-0.25, -0.2) is 9.37 Å². The average Bonchev–Trinajstić information content (AvgIpc) is 3.33. The van der Waals surface area contributed by atoms with Crippen LogP contribution in [0.25, 0.3) is 0 Å². The summed E-state index contributed by atoms with van der Waals surface area (Å²) in [5.74, 6) is 2.37. The average molecular weight is 555 g/mol. The van der Waals surface area contributed by atoms with E-state index in [1.807, 2.05) is 30.6 Å². The molecule has 216 valence electrons. The Morgan fingerprint density at radius 1 is 1.10 bits per heavy atom. The molecule has 1 amide bonds. The highest BCUT2D eigenvalue weighted by molar-refractivity contribution is 5.73. The van der Waals surface area contributed by atoms with Crippen molar-refractivity contribution in [3.63, 3.8) is 0 Å². The number of methoxy groups -OCH3 is 1. The van der Waals surface area contributed by atoms with Gasteiger partial charge in [0.2, 0.25) is 5.91 Å². The van der Waals surface area contributed by atoms with E-state index in [4.69, 9.17) is 14.2 Å². The van der Waals surface area contributed by atoms with E-state index in [1.54, 1.807) is 12.0 Å². The monoisotopic (exact) mass is 554 g/mol. The van der Waals surface area contributed by atoms with E-state index in [0.29, 0.717) is 50.0 Å². The third-order valence-electron chi connectivity index (χ3n) is 7.01. The molecular weight excluding hydrogens is 515 g/mol. The summed E-state index contributed by atoms with van der Waals surface area (Å²) in [6.45, 7) is 6.97. The lowest BCUT2D eigenvalue weighted by molar-refractivity contribution is -0.132. The highest BCUT2D eigenvalue weighted by Crippen LogP contribution is 2.29. The molecule has 0 aliphatic carbocycles. The zero-order chi connectivity index (χ0) is 28.5. The van der Waals surface area contributed by atoms with E-state index >= 15 is 0 Å². The van der Waals surface area contributed by atoms with Gasteiger partial charge < -0.3 is 28.8 Å². The van der Waals surface area contributed by atoms with Crippen LogP contribution >= 0.6 is 0 Å². The quantitative estimate of drug-likeness (QED) is 0.343. The number of hydrogen-bond acceptors (Lipinski definition) is 7. The topological polar surface area (TPSA) is 89.3 Å². The molecule has 1 atom stereocenters. The number of carbonyl (C=O) groups is 1. The Labute approximate surface area is 235 Å². The van der Waals surface area contributed by atoms with Crippen molar-refractivity contribution in [2.75, 3.05) is 46.5 Å². The summed E-state index contributed by atoms with van der Waals surface area (Å²) >= 11 is 0. The Morgan fingerprint density at radius 2 is 1.90 bits per heavy atom. The van der Waals surface area contributed by atoms with Crippen molar-refractivity contribution in [2.45, 2.75) is 45.4 Å². The van der Waals surface area contributed by atoms with Crippen molar-refractivity contribution in [3.8, 4) is 17.2 Å².